The molecule has 0 bridgehead atoms. The monoisotopic (exact) mass is 540 g/mol. The number of benzene rings is 2. The predicted octanol–water partition coefficient (Wildman–Crippen LogP) is 5.41. The fraction of sp³-hybridized carbons (Fsp3) is 0.290. The molecule has 40 heavy (non-hydrogen) atoms. The molecule has 1 saturated carbocycles. The molecule has 2 aliphatic rings. The number of carbonyl (C=O) groups is 2. The van der Waals surface area contributed by atoms with Crippen molar-refractivity contribution in [3.8, 4) is 5.75 Å². The van der Waals surface area contributed by atoms with Crippen LogP contribution in [0, 0.1) is 11.9 Å². The van der Waals surface area contributed by atoms with Gasteiger partial charge in [-0.3, -0.25) is 9.59 Å². The summed E-state index contributed by atoms with van der Waals surface area (Å²) in [5.41, 5.74) is 2.93. The van der Waals surface area contributed by atoms with Crippen LogP contribution in [0.25, 0.3) is 10.8 Å². The highest BCUT2D eigenvalue weighted by atomic mass is 19.1. The average Bonchev–Trinajstić information content (AvgIpc) is 3.78. The first kappa shape index (κ1) is 25.7. The fourth-order valence-electron chi connectivity index (χ4n) is 5.55. The molecule has 2 aromatic carbocycles. The van der Waals surface area contributed by atoms with Gasteiger partial charge >= 0.3 is 5.97 Å². The molecule has 1 aliphatic carbocycles. The fourth-order valence-corrected chi connectivity index (χ4v) is 5.55. The van der Waals surface area contributed by atoms with Crippen LogP contribution in [0.2, 0.25) is 0 Å². The summed E-state index contributed by atoms with van der Waals surface area (Å²) in [5.74, 6) is 0.630. The van der Waals surface area contributed by atoms with Gasteiger partial charge in [-0.05, 0) is 60.0 Å². The van der Waals surface area contributed by atoms with E-state index in [0.29, 0.717) is 42.5 Å². The van der Waals surface area contributed by atoms with Crippen molar-refractivity contribution in [3.63, 3.8) is 0 Å². The van der Waals surface area contributed by atoms with Crippen LogP contribution in [-0.4, -0.2) is 49.2 Å². The lowest BCUT2D eigenvalue weighted by atomic mass is 9.99. The predicted molar refractivity (Wildman–Crippen MR) is 150 cm³/mol. The topological polar surface area (TPSA) is 84.9 Å². The Morgan fingerprint density at radius 2 is 1.90 bits per heavy atom. The maximum atomic E-state index is 14.0. The van der Waals surface area contributed by atoms with Gasteiger partial charge in [-0.25, -0.2) is 4.98 Å². The number of ether oxygens (including phenoxy) is 2. The quantitative estimate of drug-likeness (QED) is 0.229. The molecule has 204 valence electrons. The Kier molecular flexibility index (Phi) is 6.57. The van der Waals surface area contributed by atoms with E-state index in [2.05, 4.69) is 16.0 Å². The van der Waals surface area contributed by atoms with Gasteiger partial charge in [-0.2, -0.15) is 9.37 Å². The summed E-state index contributed by atoms with van der Waals surface area (Å²) < 4.78 is 25.2. The second-order valence-corrected chi connectivity index (χ2v) is 10.1. The van der Waals surface area contributed by atoms with Gasteiger partial charge in [-0.15, -0.1) is 0 Å². The molecule has 2 atom stereocenters. The first-order chi connectivity index (χ1) is 19.4. The third-order valence-corrected chi connectivity index (χ3v) is 7.73. The van der Waals surface area contributed by atoms with Crippen molar-refractivity contribution >= 4 is 40.0 Å². The molecule has 6 rings (SSSR count). The number of amides is 1. The highest BCUT2D eigenvalue weighted by molar-refractivity contribution is 6.12. The number of carbonyl (C=O) groups excluding carboxylic acids is 2. The Balaban J connectivity index is 1.22. The van der Waals surface area contributed by atoms with Crippen molar-refractivity contribution in [3.05, 3.63) is 83.4 Å². The summed E-state index contributed by atoms with van der Waals surface area (Å²) in [5, 5.41) is 2.06. The largest absolute Gasteiger partial charge is 0.493 e. The van der Waals surface area contributed by atoms with Gasteiger partial charge in [0.15, 0.2) is 5.82 Å². The molecule has 0 N–H and O–H groups in total. The van der Waals surface area contributed by atoms with Crippen molar-refractivity contribution in [2.75, 3.05) is 37.1 Å². The number of halogens is 1. The number of rotatable bonds is 7. The number of aromatic nitrogens is 2. The molecule has 9 heteroatoms. The lowest BCUT2D eigenvalue weighted by Gasteiger charge is -2.22. The molecule has 4 aromatic rings. The molecule has 1 amide bonds. The van der Waals surface area contributed by atoms with Crippen LogP contribution in [-0.2, 0) is 16.0 Å². The molecule has 1 fully saturated rings. The number of nitrogens with zero attached hydrogens (tertiary/aromatic N) is 4. The van der Waals surface area contributed by atoms with Crippen molar-refractivity contribution in [2.45, 2.75) is 25.7 Å². The number of hydrogen-bond acceptors (Lipinski definition) is 7. The second kappa shape index (κ2) is 10.2. The van der Waals surface area contributed by atoms with Gasteiger partial charge in [0, 0.05) is 31.6 Å². The summed E-state index contributed by atoms with van der Waals surface area (Å²) in [6, 6.07) is 16.7. The zero-order valence-electron chi connectivity index (χ0n) is 22.6. The van der Waals surface area contributed by atoms with Crippen molar-refractivity contribution < 1.29 is 23.5 Å². The maximum Gasteiger partial charge on any atom is 0.309 e. The number of hydrogen-bond donors (Lipinski definition) is 0. The first-order valence-corrected chi connectivity index (χ1v) is 13.3. The molecule has 0 saturated heterocycles. The summed E-state index contributed by atoms with van der Waals surface area (Å²) in [6.45, 7) is 2.76. The standard InChI is InChI=1S/C31H29FN4O4/c1-4-36-28-24(30(37)35(2)25-10-12-27(32)34-29(25)36)15-18(17-33-28)13-14-40-26-11-9-20(19-7-5-6-8-21(19)26)22-16-23(22)31(38)39-3/h5-12,15,17,22-23H,4,13-14,16H2,1-3H3. The van der Waals surface area contributed by atoms with Crippen molar-refractivity contribution in [2.24, 2.45) is 5.92 Å². The van der Waals surface area contributed by atoms with Gasteiger partial charge in [0.2, 0.25) is 5.95 Å². The van der Waals surface area contributed by atoms with E-state index in [-0.39, 0.29) is 23.7 Å². The Morgan fingerprint density at radius 3 is 2.67 bits per heavy atom. The number of methoxy groups -OCH3 is 1. The van der Waals surface area contributed by atoms with Crippen LogP contribution in [0.5, 0.6) is 5.75 Å². The van der Waals surface area contributed by atoms with E-state index < -0.39 is 5.95 Å². The Labute approximate surface area is 231 Å². The molecular weight excluding hydrogens is 511 g/mol. The van der Waals surface area contributed by atoms with E-state index in [1.807, 2.05) is 43.3 Å². The smallest absolute Gasteiger partial charge is 0.309 e. The third kappa shape index (κ3) is 4.41. The third-order valence-electron chi connectivity index (χ3n) is 7.73. The van der Waals surface area contributed by atoms with Crippen LogP contribution in [0.3, 0.4) is 0 Å². The number of pyridine rings is 2. The zero-order chi connectivity index (χ0) is 28.0. The zero-order valence-corrected chi connectivity index (χ0v) is 22.6. The maximum absolute atomic E-state index is 14.0. The molecule has 1 aliphatic heterocycles. The van der Waals surface area contributed by atoms with Gasteiger partial charge in [0.25, 0.3) is 5.91 Å². The van der Waals surface area contributed by atoms with Crippen LogP contribution < -0.4 is 14.5 Å². The number of esters is 1. The molecule has 3 heterocycles. The van der Waals surface area contributed by atoms with Crippen LogP contribution in [0.4, 0.5) is 21.7 Å². The van der Waals surface area contributed by atoms with E-state index in [1.54, 1.807) is 24.2 Å². The minimum absolute atomic E-state index is 0.0890. The Hall–Kier alpha value is -4.53. The van der Waals surface area contributed by atoms with E-state index in [1.165, 1.54) is 18.1 Å². The first-order valence-electron chi connectivity index (χ1n) is 13.3. The van der Waals surface area contributed by atoms with Crippen molar-refractivity contribution in [1.29, 1.82) is 0 Å². The van der Waals surface area contributed by atoms with Gasteiger partial charge < -0.3 is 19.3 Å². The summed E-state index contributed by atoms with van der Waals surface area (Å²) in [6.07, 6.45) is 3.05. The average molecular weight is 541 g/mol. The van der Waals surface area contributed by atoms with Crippen LogP contribution in [0.15, 0.2) is 60.8 Å². The van der Waals surface area contributed by atoms with Gasteiger partial charge in [-0.1, -0.05) is 30.3 Å². The Bertz CT molecular complexity index is 1640. The molecular formula is C31H29FN4O4. The van der Waals surface area contributed by atoms with E-state index >= 15 is 0 Å². The number of anilines is 3. The summed E-state index contributed by atoms with van der Waals surface area (Å²) in [4.78, 5) is 37.3. The lowest BCUT2D eigenvalue weighted by molar-refractivity contribution is -0.142. The van der Waals surface area contributed by atoms with Crippen LogP contribution in [0.1, 0.15) is 40.7 Å². The van der Waals surface area contributed by atoms with E-state index in [0.717, 1.165) is 34.1 Å². The number of fused-ring (bicyclic) bond motifs is 3. The molecule has 2 aromatic heterocycles. The molecule has 0 radical (unpaired) electrons. The lowest BCUT2D eigenvalue weighted by Crippen LogP contribution is -2.25. The minimum Gasteiger partial charge on any atom is -0.493 e. The van der Waals surface area contributed by atoms with Gasteiger partial charge in [0.05, 0.1) is 30.9 Å². The molecule has 0 spiro atoms. The second-order valence-electron chi connectivity index (χ2n) is 10.1. The summed E-state index contributed by atoms with van der Waals surface area (Å²) in [7, 11) is 3.08. The van der Waals surface area contributed by atoms with Crippen molar-refractivity contribution in [1.82, 2.24) is 9.97 Å². The van der Waals surface area contributed by atoms with E-state index in [9.17, 15) is 14.0 Å². The van der Waals surface area contributed by atoms with E-state index in [4.69, 9.17) is 9.47 Å². The highest BCUT2D eigenvalue weighted by Crippen LogP contribution is 2.51. The summed E-state index contributed by atoms with van der Waals surface area (Å²) >= 11 is 0. The van der Waals surface area contributed by atoms with Gasteiger partial charge in [0.1, 0.15) is 11.6 Å². The Morgan fingerprint density at radius 1 is 1.10 bits per heavy atom. The minimum atomic E-state index is -0.615. The molecule has 8 nitrogen and oxygen atoms in total. The molecule has 2 unspecified atom stereocenters. The van der Waals surface area contributed by atoms with Crippen LogP contribution >= 0.6 is 0 Å². The highest BCUT2D eigenvalue weighted by Gasteiger charge is 2.45. The normalized spacial score (nSPS) is 17.8. The SMILES string of the molecule is CCN1c2ncc(CCOc3ccc(C4CC4C(=O)OC)c4ccccc34)cc2C(=O)N(C)c2ccc(F)nc21.